The standard InChI is InChI=1S/C16H30N2/c1-8-17(7)14(3)15-10-9-11-18(15)13(2)12-16(4,5)6/h15H,2-3,8-12H2,1,4-7H3/t15-/m0/s1. The second-order valence-electron chi connectivity index (χ2n) is 6.66. The third-order valence-electron chi connectivity index (χ3n) is 3.74. The zero-order valence-electron chi connectivity index (χ0n) is 12.9. The Kier molecular flexibility index (Phi) is 4.89. The summed E-state index contributed by atoms with van der Waals surface area (Å²) in [6.07, 6.45) is 3.53. The molecule has 0 aromatic heterocycles. The highest BCUT2D eigenvalue weighted by Gasteiger charge is 2.30. The minimum Gasteiger partial charge on any atom is -0.377 e. The van der Waals surface area contributed by atoms with Crippen molar-refractivity contribution in [2.45, 2.75) is 53.0 Å². The van der Waals surface area contributed by atoms with Crippen LogP contribution in [0, 0.1) is 5.41 Å². The second-order valence-corrected chi connectivity index (χ2v) is 6.66. The molecule has 0 aliphatic carbocycles. The van der Waals surface area contributed by atoms with Crippen molar-refractivity contribution >= 4 is 0 Å². The van der Waals surface area contributed by atoms with Gasteiger partial charge in [0.15, 0.2) is 0 Å². The summed E-state index contributed by atoms with van der Waals surface area (Å²) in [6.45, 7) is 19.7. The predicted molar refractivity (Wildman–Crippen MR) is 80.4 cm³/mol. The van der Waals surface area contributed by atoms with Gasteiger partial charge in [-0.25, -0.2) is 0 Å². The van der Waals surface area contributed by atoms with Crippen LogP contribution in [0.15, 0.2) is 24.6 Å². The number of hydrogen-bond acceptors (Lipinski definition) is 2. The molecule has 1 heterocycles. The molecule has 1 saturated heterocycles. The van der Waals surface area contributed by atoms with Crippen LogP contribution in [0.2, 0.25) is 0 Å². The molecule has 1 rings (SSSR count). The Morgan fingerprint density at radius 2 is 1.94 bits per heavy atom. The third kappa shape index (κ3) is 3.79. The van der Waals surface area contributed by atoms with Gasteiger partial charge in [-0.3, -0.25) is 0 Å². The van der Waals surface area contributed by atoms with Gasteiger partial charge >= 0.3 is 0 Å². The molecule has 0 spiro atoms. The van der Waals surface area contributed by atoms with Crippen LogP contribution in [0.25, 0.3) is 0 Å². The van der Waals surface area contributed by atoms with E-state index in [2.05, 4.69) is 57.7 Å². The fraction of sp³-hybridized carbons (Fsp3) is 0.750. The lowest BCUT2D eigenvalue weighted by Crippen LogP contribution is -2.36. The zero-order chi connectivity index (χ0) is 13.9. The van der Waals surface area contributed by atoms with E-state index in [0.717, 1.165) is 19.5 Å². The lowest BCUT2D eigenvalue weighted by molar-refractivity contribution is 0.261. The van der Waals surface area contributed by atoms with Gasteiger partial charge in [-0.1, -0.05) is 33.9 Å². The molecule has 104 valence electrons. The van der Waals surface area contributed by atoms with E-state index in [-0.39, 0.29) is 0 Å². The smallest absolute Gasteiger partial charge is 0.0681 e. The number of hydrogen-bond donors (Lipinski definition) is 0. The summed E-state index contributed by atoms with van der Waals surface area (Å²) < 4.78 is 0. The van der Waals surface area contributed by atoms with Crippen LogP contribution in [0.1, 0.15) is 47.0 Å². The Balaban J connectivity index is 2.70. The Bertz CT molecular complexity index is 312. The van der Waals surface area contributed by atoms with Crippen molar-refractivity contribution in [1.29, 1.82) is 0 Å². The highest BCUT2D eigenvalue weighted by molar-refractivity contribution is 5.13. The number of likely N-dealkylation sites (tertiary alicyclic amines) is 1. The first-order valence-corrected chi connectivity index (χ1v) is 7.10. The molecule has 0 bridgehead atoms. The largest absolute Gasteiger partial charge is 0.377 e. The van der Waals surface area contributed by atoms with E-state index in [0.29, 0.717) is 11.5 Å². The Labute approximate surface area is 113 Å². The molecule has 0 aromatic carbocycles. The van der Waals surface area contributed by atoms with Crippen molar-refractivity contribution < 1.29 is 0 Å². The molecule has 0 unspecified atom stereocenters. The van der Waals surface area contributed by atoms with Gasteiger partial charge < -0.3 is 9.80 Å². The normalized spacial score (nSPS) is 20.1. The van der Waals surface area contributed by atoms with Crippen molar-refractivity contribution in [2.24, 2.45) is 5.41 Å². The second kappa shape index (κ2) is 5.81. The van der Waals surface area contributed by atoms with Gasteiger partial charge in [0.1, 0.15) is 0 Å². The summed E-state index contributed by atoms with van der Waals surface area (Å²) in [5, 5.41) is 0. The first-order valence-electron chi connectivity index (χ1n) is 7.10. The molecule has 0 radical (unpaired) electrons. The van der Waals surface area contributed by atoms with Crippen LogP contribution >= 0.6 is 0 Å². The number of likely N-dealkylation sites (N-methyl/N-ethyl adjacent to an activating group) is 1. The molecule has 0 amide bonds. The minimum absolute atomic E-state index is 0.308. The molecule has 0 saturated carbocycles. The van der Waals surface area contributed by atoms with E-state index in [4.69, 9.17) is 0 Å². The summed E-state index contributed by atoms with van der Waals surface area (Å²) in [7, 11) is 2.13. The highest BCUT2D eigenvalue weighted by Crippen LogP contribution is 2.32. The molecule has 2 heteroatoms. The van der Waals surface area contributed by atoms with Gasteiger partial charge in [-0.2, -0.15) is 0 Å². The fourth-order valence-electron chi connectivity index (χ4n) is 2.66. The summed E-state index contributed by atoms with van der Waals surface area (Å²) in [6, 6.07) is 0.463. The first-order chi connectivity index (χ1) is 8.26. The molecule has 1 aliphatic rings. The summed E-state index contributed by atoms with van der Waals surface area (Å²) in [5.74, 6) is 0. The van der Waals surface area contributed by atoms with Gasteiger partial charge in [0.2, 0.25) is 0 Å². The van der Waals surface area contributed by atoms with Crippen LogP contribution in [-0.4, -0.2) is 36.0 Å². The van der Waals surface area contributed by atoms with Crippen molar-refractivity contribution in [3.05, 3.63) is 24.6 Å². The minimum atomic E-state index is 0.308. The van der Waals surface area contributed by atoms with Crippen molar-refractivity contribution in [3.8, 4) is 0 Å². The highest BCUT2D eigenvalue weighted by atomic mass is 15.2. The van der Waals surface area contributed by atoms with Gasteiger partial charge in [0.25, 0.3) is 0 Å². The molecule has 0 aromatic rings. The SMILES string of the molecule is C=C([C@@H]1CCCN1C(=C)CC(C)(C)C)N(C)CC. The molecule has 0 N–H and O–H groups in total. The van der Waals surface area contributed by atoms with E-state index < -0.39 is 0 Å². The maximum atomic E-state index is 4.31. The fourth-order valence-corrected chi connectivity index (χ4v) is 2.66. The van der Waals surface area contributed by atoms with E-state index in [1.165, 1.54) is 24.2 Å². The maximum Gasteiger partial charge on any atom is 0.0681 e. The zero-order valence-corrected chi connectivity index (χ0v) is 12.9. The molecular formula is C16H30N2. The topological polar surface area (TPSA) is 6.48 Å². The van der Waals surface area contributed by atoms with E-state index >= 15 is 0 Å². The molecule has 1 atom stereocenters. The molecule has 1 fully saturated rings. The van der Waals surface area contributed by atoms with Gasteiger partial charge in [-0.05, 0) is 31.6 Å². The number of allylic oxidation sites excluding steroid dienone is 1. The predicted octanol–water partition coefficient (Wildman–Crippen LogP) is 3.87. The molecule has 18 heavy (non-hydrogen) atoms. The number of rotatable bonds is 5. The lowest BCUT2D eigenvalue weighted by atomic mass is 9.90. The van der Waals surface area contributed by atoms with Gasteiger partial charge in [-0.15, -0.1) is 0 Å². The maximum absolute atomic E-state index is 4.31. The van der Waals surface area contributed by atoms with E-state index in [1.807, 2.05) is 0 Å². The Morgan fingerprint density at radius 3 is 2.44 bits per heavy atom. The van der Waals surface area contributed by atoms with Crippen molar-refractivity contribution in [2.75, 3.05) is 20.1 Å². The third-order valence-corrected chi connectivity index (χ3v) is 3.74. The van der Waals surface area contributed by atoms with Crippen LogP contribution in [-0.2, 0) is 0 Å². The van der Waals surface area contributed by atoms with Gasteiger partial charge in [0, 0.05) is 31.5 Å². The average Bonchev–Trinajstić information content (AvgIpc) is 2.73. The molecule has 2 nitrogen and oxygen atoms in total. The van der Waals surface area contributed by atoms with Crippen LogP contribution in [0.3, 0.4) is 0 Å². The lowest BCUT2D eigenvalue weighted by Gasteiger charge is -2.36. The summed E-state index contributed by atoms with van der Waals surface area (Å²) in [4.78, 5) is 4.73. The quantitative estimate of drug-likeness (QED) is 0.731. The van der Waals surface area contributed by atoms with Crippen LogP contribution in [0.4, 0.5) is 0 Å². The van der Waals surface area contributed by atoms with Crippen molar-refractivity contribution in [1.82, 2.24) is 9.80 Å². The van der Waals surface area contributed by atoms with Crippen molar-refractivity contribution in [3.63, 3.8) is 0 Å². The summed E-state index contributed by atoms with van der Waals surface area (Å²) >= 11 is 0. The molecule has 1 aliphatic heterocycles. The number of nitrogens with zero attached hydrogens (tertiary/aromatic N) is 2. The van der Waals surface area contributed by atoms with E-state index in [9.17, 15) is 0 Å². The van der Waals surface area contributed by atoms with Gasteiger partial charge in [0.05, 0.1) is 6.04 Å². The van der Waals surface area contributed by atoms with E-state index in [1.54, 1.807) is 0 Å². The summed E-state index contributed by atoms with van der Waals surface area (Å²) in [5.41, 5.74) is 2.82. The molecular weight excluding hydrogens is 220 g/mol. The van der Waals surface area contributed by atoms with Crippen LogP contribution < -0.4 is 0 Å². The Morgan fingerprint density at radius 1 is 1.33 bits per heavy atom. The monoisotopic (exact) mass is 250 g/mol. The average molecular weight is 250 g/mol. The Hall–Kier alpha value is -0.920. The first kappa shape index (κ1) is 15.1. The van der Waals surface area contributed by atoms with Crippen LogP contribution in [0.5, 0.6) is 0 Å².